The molecule has 154 valence electrons. The van der Waals surface area contributed by atoms with E-state index in [4.69, 9.17) is 0 Å². The lowest BCUT2D eigenvalue weighted by molar-refractivity contribution is 0.102. The van der Waals surface area contributed by atoms with Gasteiger partial charge >= 0.3 is 0 Å². The van der Waals surface area contributed by atoms with Crippen LogP contribution in [0.4, 0.5) is 5.69 Å². The summed E-state index contributed by atoms with van der Waals surface area (Å²) in [5, 5.41) is 11.1. The number of carbonyl (C=O) groups excluding carboxylic acids is 1. The number of anilines is 1. The summed E-state index contributed by atoms with van der Waals surface area (Å²) in [7, 11) is 1.90. The molecule has 1 amide bonds. The molecular weight excluding hydrogens is 392 g/mol. The summed E-state index contributed by atoms with van der Waals surface area (Å²) in [5.74, 6) is 1.18. The van der Waals surface area contributed by atoms with E-state index in [1.807, 2.05) is 54.1 Å². The van der Waals surface area contributed by atoms with Gasteiger partial charge in [-0.25, -0.2) is 4.98 Å². The second-order valence-corrected chi connectivity index (χ2v) is 7.64. The van der Waals surface area contributed by atoms with Crippen molar-refractivity contribution >= 4 is 11.6 Å². The summed E-state index contributed by atoms with van der Waals surface area (Å²) in [5.41, 5.74) is 3.26. The van der Waals surface area contributed by atoms with Crippen LogP contribution in [-0.4, -0.2) is 30.6 Å². The van der Waals surface area contributed by atoms with Gasteiger partial charge in [0.25, 0.3) is 11.5 Å². The molecule has 0 radical (unpaired) electrons. The minimum absolute atomic E-state index is 0.121. The van der Waals surface area contributed by atoms with E-state index in [0.717, 1.165) is 35.4 Å². The van der Waals surface area contributed by atoms with Gasteiger partial charge in [0.15, 0.2) is 5.82 Å². The van der Waals surface area contributed by atoms with Gasteiger partial charge in [0, 0.05) is 30.3 Å². The van der Waals surface area contributed by atoms with Gasteiger partial charge in [-0.3, -0.25) is 9.59 Å². The van der Waals surface area contributed by atoms with E-state index < -0.39 is 5.91 Å². The topological polar surface area (TPSA) is 106 Å². The molecule has 2 aromatic heterocycles. The highest BCUT2D eigenvalue weighted by Gasteiger charge is 2.27. The molecule has 0 unspecified atom stereocenters. The monoisotopic (exact) mass is 412 g/mol. The van der Waals surface area contributed by atoms with Crippen molar-refractivity contribution in [2.75, 3.05) is 5.32 Å². The quantitative estimate of drug-likeness (QED) is 0.523. The fraction of sp³-hybridized carbons (Fsp3) is 0.174. The lowest BCUT2D eigenvalue weighted by Gasteiger charge is -2.11. The predicted molar refractivity (Wildman–Crippen MR) is 117 cm³/mol. The molecule has 8 heteroatoms. The van der Waals surface area contributed by atoms with Crippen LogP contribution in [0.25, 0.3) is 22.5 Å². The van der Waals surface area contributed by atoms with Crippen LogP contribution in [0.5, 0.6) is 0 Å². The average Bonchev–Trinajstić information content (AvgIpc) is 3.54. The van der Waals surface area contributed by atoms with E-state index in [1.54, 1.807) is 12.4 Å². The fourth-order valence-electron chi connectivity index (χ4n) is 3.56. The maximum absolute atomic E-state index is 12.8. The maximum atomic E-state index is 12.8. The zero-order valence-electron chi connectivity index (χ0n) is 16.9. The number of amides is 1. The zero-order chi connectivity index (χ0) is 21.4. The highest BCUT2D eigenvalue weighted by atomic mass is 16.2. The standard InChI is InChI=1S/C23H20N6O2/c1-29-13-24-28-22(29)18-8-3-2-7-17(18)15-5-4-6-16(11-15)25-23(31)19-12-20(30)27-21(26-19)14-9-10-14/h2-8,11-14H,9-10H2,1H3,(H,25,31)(H,26,27,30). The highest BCUT2D eigenvalue weighted by molar-refractivity contribution is 6.03. The predicted octanol–water partition coefficient (Wildman–Crippen LogP) is 3.36. The Morgan fingerprint density at radius 3 is 2.65 bits per heavy atom. The molecule has 0 atom stereocenters. The molecule has 0 spiro atoms. The summed E-state index contributed by atoms with van der Waals surface area (Å²) in [6, 6.07) is 16.7. The molecule has 5 rings (SSSR count). The Balaban J connectivity index is 1.45. The third kappa shape index (κ3) is 3.87. The van der Waals surface area contributed by atoms with Gasteiger partial charge in [-0.15, -0.1) is 10.2 Å². The van der Waals surface area contributed by atoms with Gasteiger partial charge in [0.1, 0.15) is 17.8 Å². The SMILES string of the molecule is Cn1cnnc1-c1ccccc1-c1cccc(NC(=O)c2cc(=O)[nH]c(C3CC3)n2)c1. The van der Waals surface area contributed by atoms with Gasteiger partial charge in [0.05, 0.1) is 0 Å². The molecule has 4 aromatic rings. The number of hydrogen-bond acceptors (Lipinski definition) is 5. The van der Waals surface area contributed by atoms with Crippen molar-refractivity contribution in [1.29, 1.82) is 0 Å². The number of rotatable bonds is 5. The van der Waals surface area contributed by atoms with Crippen LogP contribution in [0.1, 0.15) is 35.1 Å². The second kappa shape index (κ2) is 7.64. The third-order valence-corrected chi connectivity index (χ3v) is 5.27. The Bertz CT molecular complexity index is 1340. The number of nitrogens with zero attached hydrogens (tertiary/aromatic N) is 4. The maximum Gasteiger partial charge on any atom is 0.274 e. The Kier molecular flexibility index (Phi) is 4.66. The Morgan fingerprint density at radius 2 is 1.90 bits per heavy atom. The highest BCUT2D eigenvalue weighted by Crippen LogP contribution is 2.37. The summed E-state index contributed by atoms with van der Waals surface area (Å²) < 4.78 is 1.86. The summed E-state index contributed by atoms with van der Waals surface area (Å²) in [6.07, 6.45) is 3.63. The number of hydrogen-bond donors (Lipinski definition) is 2. The molecule has 0 saturated heterocycles. The molecular formula is C23H20N6O2. The second-order valence-electron chi connectivity index (χ2n) is 7.64. The normalized spacial score (nSPS) is 13.2. The van der Waals surface area contributed by atoms with Crippen LogP contribution >= 0.6 is 0 Å². The Morgan fingerprint density at radius 1 is 1.10 bits per heavy atom. The van der Waals surface area contributed by atoms with Crippen LogP contribution < -0.4 is 10.9 Å². The number of benzene rings is 2. The van der Waals surface area contributed by atoms with Crippen LogP contribution in [0, 0.1) is 0 Å². The van der Waals surface area contributed by atoms with Crippen LogP contribution in [0.3, 0.4) is 0 Å². The Labute approximate surface area is 178 Å². The third-order valence-electron chi connectivity index (χ3n) is 5.27. The van der Waals surface area contributed by atoms with E-state index in [0.29, 0.717) is 11.5 Å². The van der Waals surface area contributed by atoms with Crippen molar-refractivity contribution < 1.29 is 4.79 Å². The van der Waals surface area contributed by atoms with Crippen molar-refractivity contribution in [2.45, 2.75) is 18.8 Å². The first kappa shape index (κ1) is 18.9. The van der Waals surface area contributed by atoms with Crippen LogP contribution in [-0.2, 0) is 7.05 Å². The molecule has 2 aromatic carbocycles. The molecule has 0 aliphatic heterocycles. The molecule has 2 N–H and O–H groups in total. The van der Waals surface area contributed by atoms with E-state index in [2.05, 4.69) is 25.5 Å². The van der Waals surface area contributed by atoms with Gasteiger partial charge in [0.2, 0.25) is 0 Å². The largest absolute Gasteiger partial charge is 0.321 e. The van der Waals surface area contributed by atoms with E-state index in [-0.39, 0.29) is 17.2 Å². The minimum Gasteiger partial charge on any atom is -0.321 e. The number of aryl methyl sites for hydroxylation is 1. The molecule has 1 aliphatic carbocycles. The van der Waals surface area contributed by atoms with Gasteiger partial charge < -0.3 is 14.9 Å². The van der Waals surface area contributed by atoms with Crippen molar-refractivity contribution in [2.24, 2.45) is 7.05 Å². The smallest absolute Gasteiger partial charge is 0.274 e. The first-order chi connectivity index (χ1) is 15.1. The van der Waals surface area contributed by atoms with Crippen LogP contribution in [0.15, 0.2) is 65.7 Å². The van der Waals surface area contributed by atoms with Crippen molar-refractivity contribution in [3.63, 3.8) is 0 Å². The van der Waals surface area contributed by atoms with Gasteiger partial charge in [-0.1, -0.05) is 36.4 Å². The average molecular weight is 412 g/mol. The number of carbonyl (C=O) groups is 1. The zero-order valence-corrected chi connectivity index (χ0v) is 16.9. The van der Waals surface area contributed by atoms with Crippen molar-refractivity contribution in [3.8, 4) is 22.5 Å². The molecule has 8 nitrogen and oxygen atoms in total. The number of aromatic nitrogens is 5. The van der Waals surface area contributed by atoms with Crippen molar-refractivity contribution in [1.82, 2.24) is 24.7 Å². The van der Waals surface area contributed by atoms with E-state index >= 15 is 0 Å². The van der Waals surface area contributed by atoms with Gasteiger partial charge in [-0.2, -0.15) is 0 Å². The molecule has 2 heterocycles. The first-order valence-electron chi connectivity index (χ1n) is 10.0. The lowest BCUT2D eigenvalue weighted by atomic mass is 9.98. The fourth-order valence-corrected chi connectivity index (χ4v) is 3.56. The summed E-state index contributed by atoms with van der Waals surface area (Å²) in [4.78, 5) is 31.8. The number of aromatic amines is 1. The molecule has 0 bridgehead atoms. The summed E-state index contributed by atoms with van der Waals surface area (Å²) >= 11 is 0. The lowest BCUT2D eigenvalue weighted by Crippen LogP contribution is -2.20. The first-order valence-corrected chi connectivity index (χ1v) is 10.0. The van der Waals surface area contributed by atoms with Gasteiger partial charge in [-0.05, 0) is 36.1 Å². The van der Waals surface area contributed by atoms with Crippen molar-refractivity contribution in [3.05, 3.63) is 82.8 Å². The number of H-pyrrole nitrogens is 1. The Hall–Kier alpha value is -4.07. The molecule has 31 heavy (non-hydrogen) atoms. The van der Waals surface area contributed by atoms with Crippen LogP contribution in [0.2, 0.25) is 0 Å². The minimum atomic E-state index is -0.410. The molecule has 1 fully saturated rings. The van der Waals surface area contributed by atoms with E-state index in [1.165, 1.54) is 6.07 Å². The molecule has 1 saturated carbocycles. The molecule has 1 aliphatic rings. The van der Waals surface area contributed by atoms with E-state index in [9.17, 15) is 9.59 Å². The summed E-state index contributed by atoms with van der Waals surface area (Å²) in [6.45, 7) is 0. The number of nitrogens with one attached hydrogen (secondary N) is 2.